The molecule has 0 radical (unpaired) electrons. The summed E-state index contributed by atoms with van der Waals surface area (Å²) in [5, 5.41) is -0.287. The van der Waals surface area contributed by atoms with Crippen LogP contribution in [-0.4, -0.2) is 29.2 Å². The summed E-state index contributed by atoms with van der Waals surface area (Å²) >= 11 is 5.83. The van der Waals surface area contributed by atoms with Crippen LogP contribution in [0.2, 0.25) is 5.02 Å². The lowest BCUT2D eigenvalue weighted by Crippen LogP contribution is -2.54. The topological polar surface area (TPSA) is 80.2 Å². The van der Waals surface area contributed by atoms with E-state index < -0.39 is 15.1 Å². The van der Waals surface area contributed by atoms with Crippen LogP contribution >= 0.6 is 11.6 Å². The van der Waals surface area contributed by atoms with Crippen LogP contribution in [0.1, 0.15) is 10.8 Å². The molecule has 7 heteroatoms. The standard InChI is InChI=1S/C16H18ClNO4S/c1-21-14-8-3-11(9-15(14)22-2)16(10-18)23(19,20)13-6-4-12(17)5-7-13/h3-9,16H,10,18H2,1-2H3/p+1/t16-/m0/s1. The van der Waals surface area contributed by atoms with Crippen LogP contribution < -0.4 is 15.2 Å². The number of ether oxygens (including phenoxy) is 2. The normalized spacial score (nSPS) is 12.7. The van der Waals surface area contributed by atoms with Gasteiger partial charge in [-0.3, -0.25) is 0 Å². The number of hydrogen-bond donors (Lipinski definition) is 1. The van der Waals surface area contributed by atoms with Gasteiger partial charge in [0.25, 0.3) is 0 Å². The van der Waals surface area contributed by atoms with Gasteiger partial charge in [0.05, 0.1) is 25.7 Å². The van der Waals surface area contributed by atoms with Gasteiger partial charge in [-0.25, -0.2) is 8.42 Å². The second kappa shape index (κ2) is 7.21. The third-order valence-corrected chi connectivity index (χ3v) is 6.00. The molecular weight excluding hydrogens is 338 g/mol. The van der Waals surface area contributed by atoms with Crippen LogP contribution in [0.4, 0.5) is 0 Å². The number of benzene rings is 2. The lowest BCUT2D eigenvalue weighted by atomic mass is 10.1. The Balaban J connectivity index is 2.48. The minimum absolute atomic E-state index is 0.195. The first-order valence-electron chi connectivity index (χ1n) is 6.94. The first-order valence-corrected chi connectivity index (χ1v) is 8.87. The highest BCUT2D eigenvalue weighted by molar-refractivity contribution is 7.91. The van der Waals surface area contributed by atoms with Crippen molar-refractivity contribution in [1.29, 1.82) is 0 Å². The molecule has 2 aromatic rings. The van der Waals surface area contributed by atoms with Gasteiger partial charge in [0.2, 0.25) is 0 Å². The van der Waals surface area contributed by atoms with E-state index in [0.717, 1.165) is 0 Å². The number of quaternary nitrogens is 1. The molecule has 3 N–H and O–H groups in total. The monoisotopic (exact) mass is 356 g/mol. The van der Waals surface area contributed by atoms with E-state index in [-0.39, 0.29) is 11.4 Å². The van der Waals surface area contributed by atoms with Crippen molar-refractivity contribution in [2.45, 2.75) is 10.1 Å². The summed E-state index contributed by atoms with van der Waals surface area (Å²) in [4.78, 5) is 0.213. The fraction of sp³-hybridized carbons (Fsp3) is 0.250. The summed E-state index contributed by atoms with van der Waals surface area (Å²) < 4.78 is 36.2. The number of halogens is 1. The second-order valence-electron chi connectivity index (χ2n) is 4.89. The Morgan fingerprint density at radius 3 is 2.17 bits per heavy atom. The molecule has 124 valence electrons. The number of hydrogen-bond acceptors (Lipinski definition) is 4. The molecule has 0 aliphatic carbocycles. The lowest BCUT2D eigenvalue weighted by molar-refractivity contribution is -0.367. The molecule has 2 aromatic carbocycles. The Hall–Kier alpha value is -1.76. The van der Waals surface area contributed by atoms with Crippen molar-refractivity contribution in [3.63, 3.8) is 0 Å². The smallest absolute Gasteiger partial charge is 0.190 e. The third-order valence-electron chi connectivity index (χ3n) is 3.56. The van der Waals surface area contributed by atoms with E-state index in [0.29, 0.717) is 22.1 Å². The van der Waals surface area contributed by atoms with Crippen LogP contribution in [0.15, 0.2) is 47.4 Å². The largest absolute Gasteiger partial charge is 0.493 e. The average Bonchev–Trinajstić information content (AvgIpc) is 2.55. The molecule has 0 amide bonds. The first-order chi connectivity index (χ1) is 10.9. The maximum atomic E-state index is 12.9. The summed E-state index contributed by atoms with van der Waals surface area (Å²) in [6.45, 7) is 0.195. The molecule has 0 heterocycles. The molecule has 0 spiro atoms. The van der Waals surface area contributed by atoms with Gasteiger partial charge in [-0.05, 0) is 42.0 Å². The number of rotatable bonds is 6. The quantitative estimate of drug-likeness (QED) is 0.859. The molecule has 0 saturated carbocycles. The highest BCUT2D eigenvalue weighted by Crippen LogP contribution is 2.34. The summed E-state index contributed by atoms with van der Waals surface area (Å²) in [5.74, 6) is 1.03. The van der Waals surface area contributed by atoms with Crippen molar-refractivity contribution in [3.05, 3.63) is 53.1 Å². The number of methoxy groups -OCH3 is 2. The molecule has 2 rings (SSSR count). The van der Waals surface area contributed by atoms with Crippen LogP contribution in [0, 0.1) is 0 Å². The predicted molar refractivity (Wildman–Crippen MR) is 88.7 cm³/mol. The van der Waals surface area contributed by atoms with E-state index in [9.17, 15) is 8.42 Å². The molecule has 0 saturated heterocycles. The molecule has 0 unspecified atom stereocenters. The Morgan fingerprint density at radius 1 is 1.04 bits per heavy atom. The molecule has 0 aliphatic heterocycles. The molecular formula is C16H19ClNO4S+. The summed E-state index contributed by atoms with van der Waals surface area (Å²) in [6, 6.07) is 11.2. The molecule has 23 heavy (non-hydrogen) atoms. The molecule has 0 aromatic heterocycles. The highest BCUT2D eigenvalue weighted by Gasteiger charge is 2.30. The van der Waals surface area contributed by atoms with Gasteiger partial charge in [0.1, 0.15) is 5.25 Å². The van der Waals surface area contributed by atoms with Crippen molar-refractivity contribution in [2.24, 2.45) is 0 Å². The van der Waals surface area contributed by atoms with E-state index >= 15 is 0 Å². The Bertz CT molecular complexity index is 775. The van der Waals surface area contributed by atoms with E-state index in [4.69, 9.17) is 21.1 Å². The minimum Gasteiger partial charge on any atom is -0.493 e. The van der Waals surface area contributed by atoms with E-state index in [2.05, 4.69) is 5.73 Å². The SMILES string of the molecule is COc1ccc([C@H](C[NH3+])S(=O)(=O)c2ccc(Cl)cc2)cc1OC. The van der Waals surface area contributed by atoms with Gasteiger partial charge in [-0.15, -0.1) is 0 Å². The van der Waals surface area contributed by atoms with Gasteiger partial charge in [0.15, 0.2) is 21.3 Å². The van der Waals surface area contributed by atoms with E-state index in [1.807, 2.05) is 0 Å². The van der Waals surface area contributed by atoms with Gasteiger partial charge in [-0.1, -0.05) is 17.7 Å². The highest BCUT2D eigenvalue weighted by atomic mass is 35.5. The molecule has 0 bridgehead atoms. The van der Waals surface area contributed by atoms with Crippen molar-refractivity contribution in [3.8, 4) is 11.5 Å². The van der Waals surface area contributed by atoms with Crippen molar-refractivity contribution >= 4 is 21.4 Å². The fourth-order valence-corrected chi connectivity index (χ4v) is 4.13. The summed E-state index contributed by atoms with van der Waals surface area (Å²) in [6.07, 6.45) is 0. The summed E-state index contributed by atoms with van der Waals surface area (Å²) in [7, 11) is -0.546. The van der Waals surface area contributed by atoms with Crippen LogP contribution in [0.3, 0.4) is 0 Å². The maximum absolute atomic E-state index is 12.9. The zero-order chi connectivity index (χ0) is 17.0. The van der Waals surface area contributed by atoms with Gasteiger partial charge in [0, 0.05) is 5.02 Å². The Labute approximate surface area is 140 Å². The van der Waals surface area contributed by atoms with Gasteiger partial charge in [-0.2, -0.15) is 0 Å². The molecule has 5 nitrogen and oxygen atoms in total. The molecule has 0 aliphatic rings. The Kier molecular flexibility index (Phi) is 5.51. The van der Waals surface area contributed by atoms with Crippen LogP contribution in [0.25, 0.3) is 0 Å². The van der Waals surface area contributed by atoms with Crippen LogP contribution in [-0.2, 0) is 9.84 Å². The van der Waals surface area contributed by atoms with E-state index in [1.54, 1.807) is 30.3 Å². The maximum Gasteiger partial charge on any atom is 0.190 e. The second-order valence-corrected chi connectivity index (χ2v) is 7.46. The number of sulfone groups is 1. The van der Waals surface area contributed by atoms with E-state index in [1.165, 1.54) is 26.4 Å². The Morgan fingerprint density at radius 2 is 1.65 bits per heavy atom. The van der Waals surface area contributed by atoms with Crippen molar-refractivity contribution in [1.82, 2.24) is 0 Å². The van der Waals surface area contributed by atoms with Crippen LogP contribution in [0.5, 0.6) is 11.5 Å². The molecule has 0 fully saturated rings. The first kappa shape index (κ1) is 17.6. The van der Waals surface area contributed by atoms with Crippen molar-refractivity contribution < 1.29 is 23.6 Å². The average molecular weight is 357 g/mol. The fourth-order valence-electron chi connectivity index (χ4n) is 2.34. The zero-order valence-corrected chi connectivity index (χ0v) is 14.5. The lowest BCUT2D eigenvalue weighted by Gasteiger charge is -2.17. The van der Waals surface area contributed by atoms with Crippen molar-refractivity contribution in [2.75, 3.05) is 20.8 Å². The zero-order valence-electron chi connectivity index (χ0n) is 13.0. The summed E-state index contributed by atoms with van der Waals surface area (Å²) in [5.41, 5.74) is 4.40. The third kappa shape index (κ3) is 3.60. The predicted octanol–water partition coefficient (Wildman–Crippen LogP) is 2.11. The minimum atomic E-state index is -3.58. The van der Waals surface area contributed by atoms with Gasteiger partial charge >= 0.3 is 0 Å². The molecule has 1 atom stereocenters. The van der Waals surface area contributed by atoms with Gasteiger partial charge < -0.3 is 15.2 Å².